The number of aromatic nitrogens is 1. The van der Waals surface area contributed by atoms with Gasteiger partial charge in [-0.05, 0) is 24.7 Å². The Morgan fingerprint density at radius 3 is 2.70 bits per heavy atom. The molecule has 2 aromatic rings. The molecular formula is C17H23N4OS+. The Hall–Kier alpha value is -1.92. The summed E-state index contributed by atoms with van der Waals surface area (Å²) in [5.74, 6) is 0.879. The zero-order valence-electron chi connectivity index (χ0n) is 13.4. The van der Waals surface area contributed by atoms with Crippen LogP contribution in [-0.2, 0) is 13.1 Å². The summed E-state index contributed by atoms with van der Waals surface area (Å²) in [6.45, 7) is 7.73. The Balaban J connectivity index is 1.42. The van der Waals surface area contributed by atoms with Gasteiger partial charge in [-0.3, -0.25) is 0 Å². The largest absolute Gasteiger partial charge is 0.361 e. The predicted octanol–water partition coefficient (Wildman–Crippen LogP) is 0.758. The SMILES string of the molecule is Cc1cc(C[NH+]2CCN(C(=S)NCc3ccccc3)CC2)no1. The van der Waals surface area contributed by atoms with Crippen molar-refractivity contribution in [1.29, 1.82) is 0 Å². The molecule has 5 nitrogen and oxygen atoms in total. The molecule has 0 bridgehead atoms. The molecule has 3 rings (SSSR count). The van der Waals surface area contributed by atoms with Crippen LogP contribution in [0, 0.1) is 6.92 Å². The smallest absolute Gasteiger partial charge is 0.169 e. The number of nitrogens with one attached hydrogen (secondary N) is 2. The molecule has 0 aliphatic carbocycles. The molecule has 6 heteroatoms. The van der Waals surface area contributed by atoms with E-state index in [0.717, 1.165) is 55.8 Å². The highest BCUT2D eigenvalue weighted by Crippen LogP contribution is 2.01. The lowest BCUT2D eigenvalue weighted by Gasteiger charge is -2.33. The first-order chi connectivity index (χ1) is 11.2. The first kappa shape index (κ1) is 16.0. The van der Waals surface area contributed by atoms with E-state index in [2.05, 4.69) is 27.5 Å². The minimum atomic E-state index is 0.783. The summed E-state index contributed by atoms with van der Waals surface area (Å²) in [6.07, 6.45) is 0. The Morgan fingerprint density at radius 1 is 1.30 bits per heavy atom. The molecule has 1 aliphatic rings. The second kappa shape index (κ2) is 7.57. The molecule has 122 valence electrons. The van der Waals surface area contributed by atoms with Crippen molar-refractivity contribution in [3.05, 3.63) is 53.4 Å². The maximum absolute atomic E-state index is 5.52. The Labute approximate surface area is 142 Å². The molecule has 2 N–H and O–H groups in total. The number of aryl methyl sites for hydroxylation is 1. The first-order valence-electron chi connectivity index (χ1n) is 8.03. The summed E-state index contributed by atoms with van der Waals surface area (Å²) in [7, 11) is 0. The van der Waals surface area contributed by atoms with Crippen molar-refractivity contribution >= 4 is 17.3 Å². The summed E-state index contributed by atoms with van der Waals surface area (Å²) >= 11 is 5.52. The van der Waals surface area contributed by atoms with Crippen molar-refractivity contribution in [2.45, 2.75) is 20.0 Å². The summed E-state index contributed by atoms with van der Waals surface area (Å²) in [5, 5.41) is 8.29. The average Bonchev–Trinajstić information content (AvgIpc) is 2.99. The van der Waals surface area contributed by atoms with Crippen molar-refractivity contribution < 1.29 is 9.42 Å². The number of nitrogens with zero attached hydrogens (tertiary/aromatic N) is 2. The molecule has 1 saturated heterocycles. The van der Waals surface area contributed by atoms with E-state index in [4.69, 9.17) is 16.7 Å². The normalized spacial score (nSPS) is 15.6. The molecule has 1 aliphatic heterocycles. The number of piperazine rings is 1. The van der Waals surface area contributed by atoms with Gasteiger partial charge in [-0.1, -0.05) is 35.5 Å². The van der Waals surface area contributed by atoms with E-state index >= 15 is 0 Å². The number of hydrogen-bond donors (Lipinski definition) is 2. The molecule has 1 aromatic carbocycles. The van der Waals surface area contributed by atoms with Gasteiger partial charge in [-0.2, -0.15) is 0 Å². The van der Waals surface area contributed by atoms with Crippen molar-refractivity contribution in [2.75, 3.05) is 26.2 Å². The van der Waals surface area contributed by atoms with Crippen LogP contribution in [0.3, 0.4) is 0 Å². The van der Waals surface area contributed by atoms with Crippen LogP contribution in [0.1, 0.15) is 17.0 Å². The number of hydrogen-bond acceptors (Lipinski definition) is 3. The highest BCUT2D eigenvalue weighted by atomic mass is 32.1. The highest BCUT2D eigenvalue weighted by Gasteiger charge is 2.22. The number of rotatable bonds is 4. The lowest BCUT2D eigenvalue weighted by Crippen LogP contribution is -3.13. The third kappa shape index (κ3) is 4.53. The van der Waals surface area contributed by atoms with Gasteiger partial charge in [0.15, 0.2) is 5.11 Å². The van der Waals surface area contributed by atoms with E-state index in [9.17, 15) is 0 Å². The maximum atomic E-state index is 5.52. The van der Waals surface area contributed by atoms with E-state index in [1.807, 2.05) is 31.2 Å². The highest BCUT2D eigenvalue weighted by molar-refractivity contribution is 7.80. The van der Waals surface area contributed by atoms with Crippen LogP contribution < -0.4 is 10.2 Å². The van der Waals surface area contributed by atoms with E-state index in [1.165, 1.54) is 10.5 Å². The van der Waals surface area contributed by atoms with E-state index < -0.39 is 0 Å². The summed E-state index contributed by atoms with van der Waals surface area (Å²) in [6, 6.07) is 12.4. The van der Waals surface area contributed by atoms with Gasteiger partial charge >= 0.3 is 0 Å². The fourth-order valence-electron chi connectivity index (χ4n) is 2.85. The molecule has 1 fully saturated rings. The summed E-state index contributed by atoms with van der Waals surface area (Å²) < 4.78 is 5.13. The second-order valence-electron chi connectivity index (χ2n) is 5.99. The van der Waals surface area contributed by atoms with Crippen LogP contribution in [0.4, 0.5) is 0 Å². The van der Waals surface area contributed by atoms with E-state index in [1.54, 1.807) is 0 Å². The molecular weight excluding hydrogens is 308 g/mol. The molecule has 0 spiro atoms. The Morgan fingerprint density at radius 2 is 2.04 bits per heavy atom. The average molecular weight is 331 g/mol. The molecule has 0 atom stereocenters. The van der Waals surface area contributed by atoms with Crippen molar-refractivity contribution in [1.82, 2.24) is 15.4 Å². The Bertz CT molecular complexity index is 635. The first-order valence-corrected chi connectivity index (χ1v) is 8.44. The standard InChI is InChI=1S/C17H22N4OS/c1-14-11-16(19-22-14)13-20-7-9-21(10-8-20)17(23)18-12-15-5-3-2-4-6-15/h2-6,11H,7-10,12-13H2,1H3,(H,18,23)/p+1. The van der Waals surface area contributed by atoms with Crippen LogP contribution >= 0.6 is 12.2 Å². The number of thiocarbonyl (C=S) groups is 1. The minimum Gasteiger partial charge on any atom is -0.361 e. The molecule has 2 heterocycles. The predicted molar refractivity (Wildman–Crippen MR) is 93.1 cm³/mol. The van der Waals surface area contributed by atoms with Gasteiger partial charge in [0.2, 0.25) is 0 Å². The van der Waals surface area contributed by atoms with E-state index in [0.29, 0.717) is 0 Å². The van der Waals surface area contributed by atoms with Gasteiger partial charge in [0.25, 0.3) is 0 Å². The van der Waals surface area contributed by atoms with Crippen molar-refractivity contribution in [2.24, 2.45) is 0 Å². The van der Waals surface area contributed by atoms with Crippen LogP contribution in [0.5, 0.6) is 0 Å². The Kier molecular flexibility index (Phi) is 5.25. The fraction of sp³-hybridized carbons (Fsp3) is 0.412. The molecule has 0 unspecified atom stereocenters. The van der Waals surface area contributed by atoms with Gasteiger partial charge in [-0.15, -0.1) is 0 Å². The lowest BCUT2D eigenvalue weighted by molar-refractivity contribution is -0.917. The van der Waals surface area contributed by atoms with Gasteiger partial charge < -0.3 is 19.6 Å². The van der Waals surface area contributed by atoms with Crippen LogP contribution in [0.25, 0.3) is 0 Å². The van der Waals surface area contributed by atoms with Gasteiger partial charge in [0.1, 0.15) is 18.0 Å². The number of quaternary nitrogens is 1. The van der Waals surface area contributed by atoms with Crippen molar-refractivity contribution in [3.63, 3.8) is 0 Å². The van der Waals surface area contributed by atoms with Crippen LogP contribution in [-0.4, -0.2) is 41.3 Å². The van der Waals surface area contributed by atoms with Crippen LogP contribution in [0.2, 0.25) is 0 Å². The third-order valence-electron chi connectivity index (χ3n) is 4.15. The topological polar surface area (TPSA) is 45.7 Å². The van der Waals surface area contributed by atoms with Gasteiger partial charge in [-0.25, -0.2) is 0 Å². The quantitative estimate of drug-likeness (QED) is 0.810. The van der Waals surface area contributed by atoms with E-state index in [-0.39, 0.29) is 0 Å². The molecule has 0 amide bonds. The molecule has 0 radical (unpaired) electrons. The maximum Gasteiger partial charge on any atom is 0.169 e. The molecule has 0 saturated carbocycles. The van der Waals surface area contributed by atoms with Gasteiger partial charge in [0, 0.05) is 12.6 Å². The zero-order chi connectivity index (χ0) is 16.1. The van der Waals surface area contributed by atoms with Gasteiger partial charge in [0.05, 0.1) is 26.2 Å². The summed E-state index contributed by atoms with van der Waals surface area (Å²) in [4.78, 5) is 3.79. The number of benzene rings is 1. The fourth-order valence-corrected chi connectivity index (χ4v) is 3.10. The lowest BCUT2D eigenvalue weighted by atomic mass is 10.2. The minimum absolute atomic E-state index is 0.783. The zero-order valence-corrected chi connectivity index (χ0v) is 14.2. The van der Waals surface area contributed by atoms with Crippen molar-refractivity contribution in [3.8, 4) is 0 Å². The molecule has 1 aromatic heterocycles. The third-order valence-corrected chi connectivity index (χ3v) is 4.55. The summed E-state index contributed by atoms with van der Waals surface area (Å²) in [5.41, 5.74) is 2.29. The molecule has 23 heavy (non-hydrogen) atoms. The monoisotopic (exact) mass is 331 g/mol. The second-order valence-corrected chi connectivity index (χ2v) is 6.37. The van der Waals surface area contributed by atoms with Crippen LogP contribution in [0.15, 0.2) is 40.9 Å².